The molecule has 3 aliphatic rings. The first kappa shape index (κ1) is 28.1. The molecule has 0 spiro atoms. The minimum absolute atomic E-state index is 0.255. The molecule has 3 unspecified atom stereocenters. The summed E-state index contributed by atoms with van der Waals surface area (Å²) >= 11 is 0. The quantitative estimate of drug-likeness (QED) is 0.258. The minimum Gasteiger partial charge on any atom is -0.356 e. The molecule has 2 aromatic heterocycles. The molecule has 4 aromatic rings. The molecule has 7 rings (SSSR count). The fourth-order valence-electron chi connectivity index (χ4n) is 6.39. The molecule has 2 amide bonds. The Morgan fingerprint density at radius 3 is 2.62 bits per heavy atom. The standard InChI is InChI=1S/C30H28FN5O4.C2H6/c1-17-33-27(35-39-17)19-5-3-18(4-6-19)15-36-12-11-30(29(2,16-36)40-30)23-8-9-24-22(26(23)31)13-20(14-32-24)21-7-10-25(37)34-28(21)38;1-2/h3-6,8-9,13-14,21H,7,10-12,15-16H2,1-2H3,(H,34,37,38);1-2H3. The van der Waals surface area contributed by atoms with Crippen molar-refractivity contribution in [3.05, 3.63) is 77.1 Å². The Hall–Kier alpha value is -4.02. The summed E-state index contributed by atoms with van der Waals surface area (Å²) in [5, 5.41) is 6.71. The molecular weight excluding hydrogens is 537 g/mol. The van der Waals surface area contributed by atoms with E-state index in [1.807, 2.05) is 39.0 Å². The van der Waals surface area contributed by atoms with E-state index in [2.05, 4.69) is 37.5 Å². The monoisotopic (exact) mass is 571 g/mol. The molecular formula is C32H34FN5O4. The maximum atomic E-state index is 16.1. The van der Waals surface area contributed by atoms with Crippen LogP contribution in [0.4, 0.5) is 4.39 Å². The highest BCUT2D eigenvalue weighted by Crippen LogP contribution is 2.61. The molecule has 3 saturated heterocycles. The minimum atomic E-state index is -0.702. The van der Waals surface area contributed by atoms with Crippen molar-refractivity contribution in [1.29, 1.82) is 0 Å². The third-order valence-electron chi connectivity index (χ3n) is 8.56. The molecule has 0 radical (unpaired) electrons. The van der Waals surface area contributed by atoms with Gasteiger partial charge < -0.3 is 9.26 Å². The second-order valence-electron chi connectivity index (χ2n) is 11.2. The Kier molecular flexibility index (Phi) is 7.14. The lowest BCUT2D eigenvalue weighted by Gasteiger charge is -2.33. The van der Waals surface area contributed by atoms with Crippen molar-refractivity contribution in [3.8, 4) is 11.4 Å². The van der Waals surface area contributed by atoms with Gasteiger partial charge in [0.1, 0.15) is 17.0 Å². The van der Waals surface area contributed by atoms with Gasteiger partial charge in [0.15, 0.2) is 0 Å². The van der Waals surface area contributed by atoms with Gasteiger partial charge in [-0.3, -0.25) is 24.8 Å². The SMILES string of the molecule is CC.Cc1nc(-c2ccc(CN3CCC4(c5ccc6ncc(C7CCC(=O)NC7=O)cc6c5F)OC4(C)C3)cc2)no1. The van der Waals surface area contributed by atoms with Gasteiger partial charge in [-0.2, -0.15) is 4.98 Å². The number of fused-ring (bicyclic) bond motifs is 2. The third kappa shape index (κ3) is 4.78. The predicted molar refractivity (Wildman–Crippen MR) is 154 cm³/mol. The third-order valence-corrected chi connectivity index (χ3v) is 8.56. The summed E-state index contributed by atoms with van der Waals surface area (Å²) in [6, 6.07) is 13.4. The number of hydrogen-bond acceptors (Lipinski definition) is 8. The number of hydrogen-bond donors (Lipinski definition) is 1. The van der Waals surface area contributed by atoms with E-state index in [4.69, 9.17) is 9.26 Å². The summed E-state index contributed by atoms with van der Waals surface area (Å²) in [4.78, 5) is 35.0. The van der Waals surface area contributed by atoms with Crippen LogP contribution in [0.5, 0.6) is 0 Å². The van der Waals surface area contributed by atoms with Gasteiger partial charge >= 0.3 is 0 Å². The maximum absolute atomic E-state index is 16.1. The summed E-state index contributed by atoms with van der Waals surface area (Å²) in [7, 11) is 0. The number of piperidine rings is 2. The molecule has 5 heterocycles. The first-order chi connectivity index (χ1) is 20.2. The van der Waals surface area contributed by atoms with Crippen LogP contribution in [-0.4, -0.2) is 50.5 Å². The summed E-state index contributed by atoms with van der Waals surface area (Å²) in [6.45, 7) is 9.99. The normalized spacial score (nSPS) is 25.4. The smallest absolute Gasteiger partial charge is 0.234 e. The van der Waals surface area contributed by atoms with E-state index in [-0.39, 0.29) is 24.1 Å². The van der Waals surface area contributed by atoms with E-state index in [1.165, 1.54) is 0 Å². The second kappa shape index (κ2) is 10.7. The molecule has 9 nitrogen and oxygen atoms in total. The first-order valence-corrected chi connectivity index (χ1v) is 14.5. The Balaban J connectivity index is 0.00000155. The van der Waals surface area contributed by atoms with Crippen molar-refractivity contribution in [1.82, 2.24) is 25.3 Å². The number of aromatic nitrogens is 3. The molecule has 0 aliphatic carbocycles. The number of epoxide rings is 1. The van der Waals surface area contributed by atoms with Crippen molar-refractivity contribution >= 4 is 22.7 Å². The van der Waals surface area contributed by atoms with Gasteiger partial charge in [0.2, 0.25) is 23.5 Å². The molecule has 3 aliphatic heterocycles. The number of nitrogens with one attached hydrogen (secondary N) is 1. The lowest BCUT2D eigenvalue weighted by molar-refractivity contribution is -0.134. The van der Waals surface area contributed by atoms with E-state index >= 15 is 4.39 Å². The highest BCUT2D eigenvalue weighted by molar-refractivity contribution is 6.01. The van der Waals surface area contributed by atoms with Crippen molar-refractivity contribution in [3.63, 3.8) is 0 Å². The van der Waals surface area contributed by atoms with Crippen LogP contribution in [-0.2, 0) is 26.5 Å². The van der Waals surface area contributed by atoms with Gasteiger partial charge in [0.05, 0.1) is 11.4 Å². The second-order valence-corrected chi connectivity index (χ2v) is 11.2. The number of ether oxygens (including phenoxy) is 1. The highest BCUT2D eigenvalue weighted by atomic mass is 19.1. The van der Waals surface area contributed by atoms with Crippen LogP contribution in [0.25, 0.3) is 22.3 Å². The number of nitrogens with zero attached hydrogens (tertiary/aromatic N) is 4. The highest BCUT2D eigenvalue weighted by Gasteiger charge is 2.70. The van der Waals surface area contributed by atoms with Crippen LogP contribution in [0.15, 0.2) is 53.2 Å². The van der Waals surface area contributed by atoms with Crippen LogP contribution in [0, 0.1) is 12.7 Å². The zero-order valence-corrected chi connectivity index (χ0v) is 24.2. The molecule has 10 heteroatoms. The van der Waals surface area contributed by atoms with E-state index in [1.54, 1.807) is 25.3 Å². The van der Waals surface area contributed by atoms with Gasteiger partial charge in [-0.15, -0.1) is 0 Å². The Bertz CT molecular complexity index is 1670. The molecule has 42 heavy (non-hydrogen) atoms. The number of benzene rings is 2. The van der Waals surface area contributed by atoms with E-state index < -0.39 is 17.1 Å². The fraction of sp³-hybridized carbons (Fsp3) is 0.406. The fourth-order valence-corrected chi connectivity index (χ4v) is 6.39. The van der Waals surface area contributed by atoms with Crippen LogP contribution >= 0.6 is 0 Å². The predicted octanol–water partition coefficient (Wildman–Crippen LogP) is 5.17. The van der Waals surface area contributed by atoms with Crippen LogP contribution < -0.4 is 5.32 Å². The summed E-state index contributed by atoms with van der Waals surface area (Å²) in [5.41, 5.74) is 2.50. The molecule has 3 fully saturated rings. The van der Waals surface area contributed by atoms with E-state index in [0.29, 0.717) is 53.1 Å². The maximum Gasteiger partial charge on any atom is 0.234 e. The Labute approximate surface area is 243 Å². The Morgan fingerprint density at radius 1 is 1.14 bits per heavy atom. The zero-order chi connectivity index (χ0) is 29.6. The van der Waals surface area contributed by atoms with Crippen molar-refractivity contribution in [2.24, 2.45) is 0 Å². The lowest BCUT2D eigenvalue weighted by Crippen LogP contribution is -2.44. The average molecular weight is 572 g/mol. The number of pyridine rings is 1. The largest absolute Gasteiger partial charge is 0.356 e. The first-order valence-electron chi connectivity index (χ1n) is 14.5. The molecule has 0 saturated carbocycles. The van der Waals surface area contributed by atoms with Crippen molar-refractivity contribution in [2.45, 2.75) is 70.6 Å². The van der Waals surface area contributed by atoms with Crippen LogP contribution in [0.2, 0.25) is 0 Å². The number of imide groups is 1. The number of halogens is 1. The number of carbonyl (C=O) groups excluding carboxylic acids is 2. The zero-order valence-electron chi connectivity index (χ0n) is 24.2. The average Bonchev–Trinajstić information content (AvgIpc) is 3.39. The van der Waals surface area contributed by atoms with E-state index in [0.717, 1.165) is 24.2 Å². The van der Waals surface area contributed by atoms with Gasteiger partial charge in [-0.1, -0.05) is 49.3 Å². The Morgan fingerprint density at radius 2 is 1.93 bits per heavy atom. The molecule has 2 aromatic carbocycles. The number of likely N-dealkylation sites (tertiary alicyclic amines) is 1. The molecule has 0 bridgehead atoms. The molecule has 3 atom stereocenters. The van der Waals surface area contributed by atoms with Crippen molar-refractivity contribution in [2.75, 3.05) is 13.1 Å². The molecule has 1 N–H and O–H groups in total. The van der Waals surface area contributed by atoms with E-state index in [9.17, 15) is 9.59 Å². The van der Waals surface area contributed by atoms with Crippen molar-refractivity contribution < 1.29 is 23.2 Å². The number of rotatable bonds is 5. The van der Waals surface area contributed by atoms with Crippen LogP contribution in [0.3, 0.4) is 0 Å². The summed E-state index contributed by atoms with van der Waals surface area (Å²) in [5.74, 6) is -0.423. The van der Waals surface area contributed by atoms with Gasteiger partial charge in [0.25, 0.3) is 0 Å². The molecule has 218 valence electrons. The number of aryl methyl sites for hydroxylation is 1. The lowest BCUT2D eigenvalue weighted by atomic mass is 9.80. The van der Waals surface area contributed by atoms with Gasteiger partial charge in [-0.25, -0.2) is 4.39 Å². The van der Waals surface area contributed by atoms with Crippen LogP contribution in [0.1, 0.15) is 68.5 Å². The van der Waals surface area contributed by atoms with Gasteiger partial charge in [0, 0.05) is 55.7 Å². The van der Waals surface area contributed by atoms with Gasteiger partial charge in [-0.05, 0) is 43.0 Å². The number of amides is 2. The summed E-state index contributed by atoms with van der Waals surface area (Å²) < 4.78 is 27.6. The topological polar surface area (TPSA) is 114 Å². The summed E-state index contributed by atoms with van der Waals surface area (Å²) in [6.07, 6.45) is 2.91. The number of carbonyl (C=O) groups is 2.